The number of benzene rings is 1. The number of β-amino-alcohol motifs (C(OH)–C–C–N with tert-alkyl or cyclic N) is 1. The van der Waals surface area contributed by atoms with E-state index >= 15 is 19.2 Å². The Balaban J connectivity index is 1.19. The van der Waals surface area contributed by atoms with Crippen LogP contribution in [0.5, 0.6) is 0 Å². The Morgan fingerprint density at radius 3 is 1.99 bits per heavy atom. The van der Waals surface area contributed by atoms with Crippen molar-refractivity contribution in [1.29, 1.82) is 5.41 Å². The summed E-state index contributed by atoms with van der Waals surface area (Å²) in [5.41, 5.74) is 24.1. The van der Waals surface area contributed by atoms with Crippen LogP contribution in [0.3, 0.4) is 0 Å². The van der Waals surface area contributed by atoms with Gasteiger partial charge >= 0.3 is 0 Å². The van der Waals surface area contributed by atoms with Gasteiger partial charge in [0.1, 0.15) is 84.6 Å². The third-order valence-electron chi connectivity index (χ3n) is 19.9. The molecule has 45 nitrogen and oxygen atoms in total. The number of rotatable bonds is 23. The molecule has 16 atom stereocenters. The predicted octanol–water partition coefficient (Wildman–Crippen LogP) is -9.58. The number of aliphatic hydroxyl groups is 2. The van der Waals surface area contributed by atoms with E-state index in [2.05, 4.69) is 94.7 Å². The van der Waals surface area contributed by atoms with E-state index in [1.54, 1.807) is 30.5 Å². The molecule has 0 radical (unpaired) electrons. The molecular weight excluding hydrogens is 1650 g/mol. The number of hydrogen-bond acceptors (Lipinski definition) is 27. The third kappa shape index (κ3) is 28.0. The normalized spacial score (nSPS) is 26.5. The van der Waals surface area contributed by atoms with Crippen LogP contribution in [-0.4, -0.2) is 306 Å². The van der Waals surface area contributed by atoms with E-state index in [-0.39, 0.29) is 89.5 Å². The molecule has 5 aliphatic rings. The zero-order valence-corrected chi connectivity index (χ0v) is 68.8. The van der Waals surface area contributed by atoms with Gasteiger partial charge in [-0.05, 0) is 83.4 Å². The number of unbranched alkanes of at least 4 members (excludes halogenated alkanes) is 1. The molecule has 2 bridgehead atoms. The second-order valence-electron chi connectivity index (χ2n) is 29.1. The van der Waals surface area contributed by atoms with Crippen LogP contribution in [0.2, 0.25) is 0 Å². The number of carbonyl (C=O) groups is 18. The lowest BCUT2D eigenvalue weighted by Crippen LogP contribution is -2.61. The van der Waals surface area contributed by atoms with Gasteiger partial charge in [-0.25, -0.2) is 4.98 Å². The number of fused-ring (bicyclic) bond motifs is 10. The summed E-state index contributed by atoms with van der Waals surface area (Å²) in [6, 6.07) is -15.2. The van der Waals surface area contributed by atoms with Crippen molar-refractivity contribution < 1.29 is 96.5 Å². The van der Waals surface area contributed by atoms with Crippen molar-refractivity contribution in [2.24, 2.45) is 22.9 Å². The molecule has 18 amide bonds. The molecule has 0 spiro atoms. The van der Waals surface area contributed by atoms with Crippen LogP contribution in [-0.2, 0) is 99.1 Å². The fourth-order valence-corrected chi connectivity index (χ4v) is 18.2. The highest BCUT2D eigenvalue weighted by Crippen LogP contribution is 2.28. The van der Waals surface area contributed by atoms with Crippen molar-refractivity contribution in [3.63, 3.8) is 0 Å². The summed E-state index contributed by atoms with van der Waals surface area (Å²) < 4.78 is 0. The van der Waals surface area contributed by atoms with Crippen molar-refractivity contribution in [2.45, 2.75) is 194 Å². The van der Waals surface area contributed by atoms with Crippen molar-refractivity contribution >= 4 is 166 Å². The number of nitrogens with one attached hydrogen (secondary N) is 18. The molecule has 5 saturated heterocycles. The molecule has 3 aromatic rings. The first kappa shape index (κ1) is 94.5. The quantitative estimate of drug-likeness (QED) is 0.0181. The molecule has 7 heterocycles. The first-order chi connectivity index (χ1) is 57.2. The zero-order valence-electron chi connectivity index (χ0n) is 65.6. The van der Waals surface area contributed by atoms with Crippen molar-refractivity contribution in [1.82, 2.24) is 105 Å². The summed E-state index contributed by atoms with van der Waals surface area (Å²) in [5, 5.41) is 67.7. The second-order valence-corrected chi connectivity index (χ2v) is 34.2. The summed E-state index contributed by atoms with van der Waals surface area (Å²) in [6.45, 7) is 0.145. The minimum Gasteiger partial charge on any atom is -0.391 e. The van der Waals surface area contributed by atoms with Gasteiger partial charge in [-0.2, -0.15) is 0 Å². The molecule has 2 unspecified atom stereocenters. The number of guanidine groups is 1. The van der Waals surface area contributed by atoms with E-state index in [0.29, 0.717) is 22.9 Å². The molecule has 8 rings (SSSR count). The number of hydrogen-bond donors (Lipinski definition) is 24. The SMILES string of the molecule is C[C@@H]1NC(=O)[C@@H]2CCCN2C(=O)[C@H](Cc2c[nH]cn2)NC(=O)[C@H](Cc2c[nH]c3ccccc23)NC(=O)[C@@H]2CSSC[C@@H](C(N)=O)NC(=O)[C@H](CCCNC(=N)N)NC(=O)[C@H](CC(N)=O)NC(=O)[C@H](CCCCN)NC(=O)CNC(=O)[C@H](CSSC[C@H](NC(=O)CNC(=O)[C@@H]3CC(O)CN3C(=O)[C@@H](NC(=O)C3CCC(=O)N3)[C@@H](C)O)C(=O)N2)NC1=O. The van der Waals surface area contributed by atoms with Crippen LogP contribution in [0.15, 0.2) is 43.0 Å². The molecule has 120 heavy (non-hydrogen) atoms. The van der Waals surface area contributed by atoms with E-state index in [0.717, 1.165) is 48.1 Å². The van der Waals surface area contributed by atoms with Crippen molar-refractivity contribution in [2.75, 3.05) is 62.3 Å². The van der Waals surface area contributed by atoms with Crippen LogP contribution in [0, 0.1) is 5.41 Å². The van der Waals surface area contributed by atoms with Crippen LogP contribution in [0.1, 0.15) is 95.7 Å². The van der Waals surface area contributed by atoms with Gasteiger partial charge in [-0.15, -0.1) is 0 Å². The number of aromatic nitrogens is 3. The van der Waals surface area contributed by atoms with E-state index in [1.807, 2.05) is 0 Å². The average Bonchev–Trinajstić information content (AvgIpc) is 1.67. The Labute approximate surface area is 702 Å². The molecule has 0 saturated carbocycles. The van der Waals surface area contributed by atoms with Gasteiger partial charge in [0, 0.05) is 91.6 Å². The Hall–Kier alpha value is -11.0. The maximum atomic E-state index is 15.5. The first-order valence-corrected chi connectivity index (χ1v) is 43.7. The molecule has 0 aliphatic carbocycles. The van der Waals surface area contributed by atoms with Gasteiger partial charge in [-0.1, -0.05) is 61.4 Å². The fourth-order valence-electron chi connectivity index (χ4n) is 13.5. The number of aromatic amines is 2. The second kappa shape index (κ2) is 46.0. The van der Waals surface area contributed by atoms with Gasteiger partial charge in [0.05, 0.1) is 43.7 Å². The van der Waals surface area contributed by atoms with Crippen LogP contribution in [0.4, 0.5) is 0 Å². The van der Waals surface area contributed by atoms with E-state index in [9.17, 15) is 77.3 Å². The Morgan fingerprint density at radius 1 is 0.658 bits per heavy atom. The Morgan fingerprint density at radius 2 is 1.31 bits per heavy atom. The molecule has 5 fully saturated rings. The summed E-state index contributed by atoms with van der Waals surface area (Å²) in [5.74, 6) is -20.2. The number of imidazole rings is 1. The van der Waals surface area contributed by atoms with Crippen molar-refractivity contribution in [3.05, 3.63) is 54.2 Å². The number of amides is 18. The smallest absolute Gasteiger partial charge is 0.248 e. The molecule has 5 aliphatic heterocycles. The minimum absolute atomic E-state index is 0.00955. The van der Waals surface area contributed by atoms with Gasteiger partial charge in [0.15, 0.2) is 5.96 Å². The standard InChI is InChI=1S/C71H103N25O20S4/c1-33-58(104)92-47-29-118-119-30-48(86-55(102)26-81-67(113)51-21-37(98)27-96(51)70(116)56(34(2)97)94-62(108)42-14-15-53(100)84-42)65(111)93-49(66(112)88-43(19-35-23-79-39-10-4-3-9-38(35)39)63(109)90-45(20-36-24-77-32-82-36)69(115)95-18-8-13-50(95)68(114)83-33)31-120-117-28-46(57(74)103)91-61(107)41(12-7-17-78-71(75)76)87-64(110)44(22-52(73)99)89-60(106)40(11-5-6-16-72)85-54(101)25-80-59(47)105/h3-4,9-10,23-24,32-34,37,40-51,56,79,97-98H,5-8,11-22,25-31,72H2,1-2H3,(H2,73,99)(H2,74,103)(H,77,82)(H,80,105)(H,81,113)(H,83,114)(H,84,100)(H,85,101)(H,86,102)(H,87,110)(H,88,112)(H,89,106)(H,90,109)(H,91,107)(H,92,104)(H,93,111)(H,94,108)(H4,75,76,78)/t33-,34+,37?,40-,41-,42?,43-,44-,45-,46-,47-,48-,49-,50-,51-,56-/m0/s1. The number of aliphatic hydroxyl groups excluding tert-OH is 2. The lowest BCUT2D eigenvalue weighted by molar-refractivity contribution is -0.144. The largest absolute Gasteiger partial charge is 0.391 e. The van der Waals surface area contributed by atoms with Crippen LogP contribution in [0.25, 0.3) is 10.9 Å². The van der Waals surface area contributed by atoms with Crippen LogP contribution < -0.4 is 103 Å². The zero-order chi connectivity index (χ0) is 87.4. The number of H-pyrrole nitrogens is 2. The van der Waals surface area contributed by atoms with Gasteiger partial charge in [0.2, 0.25) is 106 Å². The summed E-state index contributed by atoms with van der Waals surface area (Å²) in [6.07, 6.45) is 0.0476. The highest BCUT2D eigenvalue weighted by molar-refractivity contribution is 8.77. The lowest BCUT2D eigenvalue weighted by Gasteiger charge is -2.30. The number of para-hydroxylation sites is 1. The number of nitrogens with two attached hydrogens (primary N) is 4. The number of nitrogens with zero attached hydrogens (tertiary/aromatic N) is 3. The van der Waals surface area contributed by atoms with Gasteiger partial charge in [-0.3, -0.25) is 91.7 Å². The summed E-state index contributed by atoms with van der Waals surface area (Å²) in [4.78, 5) is 268. The molecule has 1 aromatic carbocycles. The fraction of sp³-hybridized carbons (Fsp3) is 0.577. The number of carbonyl (C=O) groups excluding carboxylic acids is 18. The van der Waals surface area contributed by atoms with Gasteiger partial charge < -0.3 is 133 Å². The summed E-state index contributed by atoms with van der Waals surface area (Å²) in [7, 11) is 3.18. The maximum absolute atomic E-state index is 15.5. The Kier molecular flexibility index (Phi) is 36.2. The third-order valence-corrected chi connectivity index (χ3v) is 24.8. The minimum atomic E-state index is -1.84. The lowest BCUT2D eigenvalue weighted by atomic mass is 10.0. The Bertz CT molecular complexity index is 4260. The van der Waals surface area contributed by atoms with Gasteiger partial charge in [0.25, 0.3) is 0 Å². The maximum Gasteiger partial charge on any atom is 0.248 e. The molecule has 656 valence electrons. The first-order valence-electron chi connectivity index (χ1n) is 38.7. The predicted molar refractivity (Wildman–Crippen MR) is 436 cm³/mol. The highest BCUT2D eigenvalue weighted by Gasteiger charge is 2.46. The van der Waals surface area contributed by atoms with E-state index in [1.165, 1.54) is 31.3 Å². The average molecular weight is 1760 g/mol. The molecule has 28 N–H and O–H groups in total. The van der Waals surface area contributed by atoms with Crippen molar-refractivity contribution in [3.8, 4) is 0 Å². The number of primary amides is 2. The molecular formula is C71H103N25O20S4. The summed E-state index contributed by atoms with van der Waals surface area (Å²) >= 11 is 0. The highest BCUT2D eigenvalue weighted by atomic mass is 33.1. The monoisotopic (exact) mass is 1750 g/mol. The topological polar surface area (TPSA) is 707 Å². The van der Waals surface area contributed by atoms with E-state index in [4.69, 9.17) is 28.3 Å². The molecule has 2 aromatic heterocycles. The number of likely N-dealkylation sites (tertiary alicyclic amines) is 1. The molecule has 49 heteroatoms. The van der Waals surface area contributed by atoms with E-state index < -0.39 is 265 Å². The van der Waals surface area contributed by atoms with Crippen LogP contribution >= 0.6 is 43.2 Å².